The first-order valence-corrected chi connectivity index (χ1v) is 7.63. The van der Waals surface area contributed by atoms with Gasteiger partial charge in [-0.2, -0.15) is 0 Å². The molecule has 2 aromatic carbocycles. The van der Waals surface area contributed by atoms with E-state index in [1.807, 2.05) is 6.92 Å². The number of aliphatic imine (C=N–C) groups is 1. The van der Waals surface area contributed by atoms with Crippen LogP contribution in [0.5, 0.6) is 0 Å². The van der Waals surface area contributed by atoms with E-state index in [1.54, 1.807) is 0 Å². The van der Waals surface area contributed by atoms with Crippen LogP contribution in [0, 0.1) is 0 Å². The normalized spacial score (nSPS) is 14.1. The average molecular weight is 288 g/mol. The summed E-state index contributed by atoms with van der Waals surface area (Å²) in [7, 11) is 0. The fourth-order valence-electron chi connectivity index (χ4n) is 2.57. The standard InChI is InChI=1S/C20H20N2/c1-4-14(3)12-13-15(5-2)20-21-17-10-6-8-16-9-7-11-18(22-20)19(16)17/h5-13H,3-4H2,1-2H3,(H,21,22)/b13-12-,15-5+. The number of rotatable bonds is 4. The molecule has 0 unspecified atom stereocenters. The van der Waals surface area contributed by atoms with Crippen LogP contribution in [0.15, 0.2) is 77.3 Å². The van der Waals surface area contributed by atoms with E-state index in [4.69, 9.17) is 4.99 Å². The highest BCUT2D eigenvalue weighted by molar-refractivity contribution is 6.19. The van der Waals surface area contributed by atoms with Crippen LogP contribution in [-0.4, -0.2) is 5.84 Å². The first-order valence-electron chi connectivity index (χ1n) is 7.63. The van der Waals surface area contributed by atoms with Crippen LogP contribution in [0.25, 0.3) is 10.8 Å². The van der Waals surface area contributed by atoms with Crippen LogP contribution >= 0.6 is 0 Å². The van der Waals surface area contributed by atoms with Crippen molar-refractivity contribution in [2.45, 2.75) is 20.3 Å². The Morgan fingerprint density at radius 2 is 1.95 bits per heavy atom. The number of hydrogen-bond acceptors (Lipinski definition) is 2. The quantitative estimate of drug-likeness (QED) is 0.710. The number of nitrogens with zero attached hydrogens (tertiary/aromatic N) is 1. The molecule has 2 nitrogen and oxygen atoms in total. The van der Waals surface area contributed by atoms with Crippen molar-refractivity contribution in [3.05, 3.63) is 72.4 Å². The predicted molar refractivity (Wildman–Crippen MR) is 97.0 cm³/mol. The molecule has 110 valence electrons. The molecular weight excluding hydrogens is 268 g/mol. The van der Waals surface area contributed by atoms with E-state index in [-0.39, 0.29) is 0 Å². The van der Waals surface area contributed by atoms with Gasteiger partial charge in [-0.3, -0.25) is 0 Å². The third-order valence-electron chi connectivity index (χ3n) is 3.91. The maximum atomic E-state index is 4.79. The van der Waals surface area contributed by atoms with Crippen molar-refractivity contribution in [2.24, 2.45) is 4.99 Å². The Bertz CT molecular complexity index is 817. The van der Waals surface area contributed by atoms with E-state index in [0.29, 0.717) is 0 Å². The maximum Gasteiger partial charge on any atom is 0.138 e. The van der Waals surface area contributed by atoms with Gasteiger partial charge < -0.3 is 5.32 Å². The van der Waals surface area contributed by atoms with Crippen LogP contribution in [0.2, 0.25) is 0 Å². The van der Waals surface area contributed by atoms with Gasteiger partial charge in [0.25, 0.3) is 0 Å². The highest BCUT2D eigenvalue weighted by Crippen LogP contribution is 2.36. The lowest BCUT2D eigenvalue weighted by atomic mass is 10.0. The van der Waals surface area contributed by atoms with E-state index in [0.717, 1.165) is 34.8 Å². The summed E-state index contributed by atoms with van der Waals surface area (Å²) in [5, 5.41) is 5.85. The molecule has 0 atom stereocenters. The molecule has 1 aliphatic rings. The van der Waals surface area contributed by atoms with Crippen LogP contribution in [0.1, 0.15) is 20.3 Å². The molecule has 0 radical (unpaired) electrons. The van der Waals surface area contributed by atoms with Crippen molar-refractivity contribution in [1.82, 2.24) is 0 Å². The zero-order valence-electron chi connectivity index (χ0n) is 13.1. The Balaban J connectivity index is 2.03. The molecule has 22 heavy (non-hydrogen) atoms. The largest absolute Gasteiger partial charge is 0.339 e. The number of benzene rings is 2. The Labute approximate surface area is 131 Å². The van der Waals surface area contributed by atoms with E-state index in [1.165, 1.54) is 10.8 Å². The van der Waals surface area contributed by atoms with Gasteiger partial charge in [0.2, 0.25) is 0 Å². The van der Waals surface area contributed by atoms with Gasteiger partial charge in [0, 0.05) is 16.6 Å². The zero-order chi connectivity index (χ0) is 15.5. The topological polar surface area (TPSA) is 24.4 Å². The van der Waals surface area contributed by atoms with Gasteiger partial charge in [-0.25, -0.2) is 4.99 Å². The fourth-order valence-corrected chi connectivity index (χ4v) is 2.57. The summed E-state index contributed by atoms with van der Waals surface area (Å²) in [5.41, 5.74) is 4.31. The highest BCUT2D eigenvalue weighted by atomic mass is 15.0. The molecule has 0 spiro atoms. The number of nitrogens with one attached hydrogen (secondary N) is 1. The molecule has 0 bridgehead atoms. The van der Waals surface area contributed by atoms with Crippen LogP contribution < -0.4 is 5.32 Å². The third-order valence-corrected chi connectivity index (χ3v) is 3.91. The van der Waals surface area contributed by atoms with Gasteiger partial charge >= 0.3 is 0 Å². The lowest BCUT2D eigenvalue weighted by Crippen LogP contribution is -2.16. The minimum Gasteiger partial charge on any atom is -0.339 e. The van der Waals surface area contributed by atoms with Gasteiger partial charge in [0.05, 0.1) is 5.69 Å². The molecular formula is C20H20N2. The minimum atomic E-state index is 0.883. The average Bonchev–Trinajstić information content (AvgIpc) is 2.55. The van der Waals surface area contributed by atoms with E-state index in [9.17, 15) is 0 Å². The number of amidine groups is 1. The van der Waals surface area contributed by atoms with Gasteiger partial charge in [-0.1, -0.05) is 61.6 Å². The predicted octanol–water partition coefficient (Wildman–Crippen LogP) is 5.76. The molecule has 0 aromatic heterocycles. The molecule has 2 aromatic rings. The van der Waals surface area contributed by atoms with Gasteiger partial charge in [0.15, 0.2) is 0 Å². The molecule has 0 aliphatic carbocycles. The number of allylic oxidation sites excluding steroid dienone is 3. The summed E-state index contributed by atoms with van der Waals surface area (Å²) in [6, 6.07) is 12.5. The molecule has 1 N–H and O–H groups in total. The second-order valence-corrected chi connectivity index (χ2v) is 5.36. The van der Waals surface area contributed by atoms with Crippen molar-refractivity contribution in [2.75, 3.05) is 5.32 Å². The van der Waals surface area contributed by atoms with Crippen molar-refractivity contribution in [1.29, 1.82) is 0 Å². The van der Waals surface area contributed by atoms with Gasteiger partial charge in [0.1, 0.15) is 5.84 Å². The molecule has 0 saturated carbocycles. The first-order chi connectivity index (χ1) is 10.7. The summed E-state index contributed by atoms with van der Waals surface area (Å²) in [5.74, 6) is 0.883. The second kappa shape index (κ2) is 6.02. The summed E-state index contributed by atoms with van der Waals surface area (Å²) < 4.78 is 0. The summed E-state index contributed by atoms with van der Waals surface area (Å²) in [6.45, 7) is 8.15. The smallest absolute Gasteiger partial charge is 0.138 e. The van der Waals surface area contributed by atoms with Crippen molar-refractivity contribution >= 4 is 28.0 Å². The lowest BCUT2D eigenvalue weighted by molar-refractivity contribution is 1.16. The highest BCUT2D eigenvalue weighted by Gasteiger charge is 2.15. The van der Waals surface area contributed by atoms with Crippen molar-refractivity contribution in [3.8, 4) is 0 Å². The zero-order valence-corrected chi connectivity index (χ0v) is 13.1. The Hall–Kier alpha value is -2.61. The van der Waals surface area contributed by atoms with Crippen LogP contribution in [0.4, 0.5) is 11.4 Å². The van der Waals surface area contributed by atoms with E-state index < -0.39 is 0 Å². The SMILES string of the molecule is C=C(/C=C\C(=C/C)C1=Nc2cccc3cccc(c23)N1)CC. The van der Waals surface area contributed by atoms with E-state index >= 15 is 0 Å². The lowest BCUT2D eigenvalue weighted by Gasteiger charge is -2.19. The summed E-state index contributed by atoms with van der Waals surface area (Å²) >= 11 is 0. The molecule has 0 saturated heterocycles. The van der Waals surface area contributed by atoms with E-state index in [2.05, 4.69) is 73.4 Å². The van der Waals surface area contributed by atoms with Crippen LogP contribution in [0.3, 0.4) is 0 Å². The third kappa shape index (κ3) is 2.60. The first kappa shape index (κ1) is 14.3. The van der Waals surface area contributed by atoms with Gasteiger partial charge in [-0.15, -0.1) is 0 Å². The Morgan fingerprint density at radius 1 is 1.18 bits per heavy atom. The van der Waals surface area contributed by atoms with Gasteiger partial charge in [-0.05, 0) is 30.9 Å². The Morgan fingerprint density at radius 3 is 2.68 bits per heavy atom. The monoisotopic (exact) mass is 288 g/mol. The molecule has 0 amide bonds. The van der Waals surface area contributed by atoms with Crippen molar-refractivity contribution < 1.29 is 0 Å². The number of hydrogen-bond donors (Lipinski definition) is 1. The minimum absolute atomic E-state index is 0.883. The summed E-state index contributed by atoms with van der Waals surface area (Å²) in [4.78, 5) is 4.79. The summed E-state index contributed by atoms with van der Waals surface area (Å²) in [6.07, 6.45) is 7.15. The molecule has 1 aliphatic heterocycles. The maximum absolute atomic E-state index is 4.79. The second-order valence-electron chi connectivity index (χ2n) is 5.36. The number of anilines is 1. The fraction of sp³-hybridized carbons (Fsp3) is 0.150. The molecule has 0 fully saturated rings. The Kier molecular flexibility index (Phi) is 3.92. The molecule has 3 rings (SSSR count). The molecule has 2 heteroatoms. The van der Waals surface area contributed by atoms with Crippen LogP contribution in [-0.2, 0) is 0 Å². The van der Waals surface area contributed by atoms with Crippen molar-refractivity contribution in [3.63, 3.8) is 0 Å². The molecule has 1 heterocycles.